The number of carbonyl (C=O) groups is 2. The van der Waals surface area contributed by atoms with Crippen LogP contribution < -0.4 is 0 Å². The third-order valence-corrected chi connectivity index (χ3v) is 4.11. The first-order valence-corrected chi connectivity index (χ1v) is 7.69. The number of benzene rings is 1. The van der Waals surface area contributed by atoms with Gasteiger partial charge in [0.1, 0.15) is 0 Å². The van der Waals surface area contributed by atoms with E-state index in [-0.39, 0.29) is 11.5 Å². The van der Waals surface area contributed by atoms with Gasteiger partial charge in [0.15, 0.2) is 5.78 Å². The second-order valence-corrected chi connectivity index (χ2v) is 5.58. The van der Waals surface area contributed by atoms with Crippen molar-refractivity contribution < 1.29 is 18.7 Å². The van der Waals surface area contributed by atoms with E-state index in [1.165, 1.54) is 43.4 Å². The van der Waals surface area contributed by atoms with E-state index in [1.54, 1.807) is 12.1 Å². The highest BCUT2D eigenvalue weighted by Gasteiger charge is 2.15. The highest BCUT2D eigenvalue weighted by atomic mass is 16.5. The maximum absolute atomic E-state index is 12.3. The summed E-state index contributed by atoms with van der Waals surface area (Å²) >= 11 is 0. The van der Waals surface area contributed by atoms with Crippen molar-refractivity contribution in [1.82, 2.24) is 0 Å². The lowest BCUT2D eigenvalue weighted by Crippen LogP contribution is -2.05. The van der Waals surface area contributed by atoms with Crippen LogP contribution in [0.1, 0.15) is 50.4 Å². The van der Waals surface area contributed by atoms with E-state index in [9.17, 15) is 9.59 Å². The summed E-state index contributed by atoms with van der Waals surface area (Å²) in [7, 11) is 1.29. The number of fused-ring (bicyclic) bond motifs is 1. The Labute approximate surface area is 134 Å². The number of carbonyl (C=O) groups excluding carboxylic acids is 2. The van der Waals surface area contributed by atoms with Gasteiger partial charge in [-0.1, -0.05) is 12.1 Å². The van der Waals surface area contributed by atoms with Crippen LogP contribution in [0.3, 0.4) is 0 Å². The van der Waals surface area contributed by atoms with Crippen molar-refractivity contribution in [2.45, 2.75) is 25.7 Å². The summed E-state index contributed by atoms with van der Waals surface area (Å²) in [6.07, 6.45) is 8.97. The van der Waals surface area contributed by atoms with Crippen molar-refractivity contribution in [3.8, 4) is 0 Å². The van der Waals surface area contributed by atoms with Gasteiger partial charge in [0, 0.05) is 11.1 Å². The summed E-state index contributed by atoms with van der Waals surface area (Å²) in [5.74, 6) is -0.548. The molecular formula is C19H18O4. The molecule has 0 radical (unpaired) electrons. The minimum absolute atomic E-state index is 0.0876. The lowest BCUT2D eigenvalue weighted by Gasteiger charge is -2.15. The summed E-state index contributed by atoms with van der Waals surface area (Å²) in [5, 5.41) is 0. The number of methoxy groups -OCH3 is 1. The van der Waals surface area contributed by atoms with Crippen LogP contribution in [-0.2, 0) is 17.6 Å². The summed E-state index contributed by atoms with van der Waals surface area (Å²) < 4.78 is 9.73. The zero-order valence-corrected chi connectivity index (χ0v) is 13.0. The van der Waals surface area contributed by atoms with E-state index in [0.717, 1.165) is 12.8 Å². The van der Waals surface area contributed by atoms with Gasteiger partial charge in [0.05, 0.1) is 13.4 Å². The van der Waals surface area contributed by atoms with Crippen molar-refractivity contribution in [1.29, 1.82) is 0 Å². The van der Waals surface area contributed by atoms with E-state index in [2.05, 4.69) is 4.74 Å². The van der Waals surface area contributed by atoms with E-state index >= 15 is 0 Å². The maximum atomic E-state index is 12.3. The Kier molecular flexibility index (Phi) is 4.42. The van der Waals surface area contributed by atoms with Crippen LogP contribution in [0.25, 0.3) is 6.08 Å². The molecule has 3 rings (SSSR count). The van der Waals surface area contributed by atoms with Crippen LogP contribution in [0.15, 0.2) is 41.0 Å². The lowest BCUT2D eigenvalue weighted by atomic mass is 9.90. The summed E-state index contributed by atoms with van der Waals surface area (Å²) in [6, 6.07) is 7.53. The molecule has 2 aromatic rings. The number of hydrogen-bond acceptors (Lipinski definition) is 4. The lowest BCUT2D eigenvalue weighted by molar-refractivity contribution is 0.0564. The Morgan fingerprint density at radius 2 is 1.91 bits per heavy atom. The number of esters is 1. The molecule has 1 aliphatic carbocycles. The van der Waals surface area contributed by atoms with Gasteiger partial charge in [-0.25, -0.2) is 4.79 Å². The first-order valence-electron chi connectivity index (χ1n) is 7.69. The number of rotatable bonds is 4. The van der Waals surface area contributed by atoms with E-state index in [1.807, 2.05) is 18.2 Å². The van der Waals surface area contributed by atoms with Gasteiger partial charge in [0.25, 0.3) is 0 Å². The average molecular weight is 310 g/mol. The molecule has 1 aliphatic rings. The quantitative estimate of drug-likeness (QED) is 0.489. The second kappa shape index (κ2) is 6.65. The normalized spacial score (nSPS) is 13.8. The number of allylic oxidation sites excluding steroid dienone is 1. The van der Waals surface area contributed by atoms with Crippen LogP contribution in [-0.4, -0.2) is 18.9 Å². The molecule has 0 aliphatic heterocycles. The fourth-order valence-corrected chi connectivity index (χ4v) is 2.86. The van der Waals surface area contributed by atoms with Gasteiger partial charge >= 0.3 is 5.97 Å². The Morgan fingerprint density at radius 1 is 1.13 bits per heavy atom. The van der Waals surface area contributed by atoms with Crippen molar-refractivity contribution in [2.24, 2.45) is 0 Å². The molecule has 0 bridgehead atoms. The number of aryl methyl sites for hydroxylation is 2. The molecule has 0 saturated heterocycles. The van der Waals surface area contributed by atoms with Gasteiger partial charge < -0.3 is 9.15 Å². The molecular weight excluding hydrogens is 292 g/mol. The van der Waals surface area contributed by atoms with Crippen LogP contribution in [0, 0.1) is 0 Å². The largest absolute Gasteiger partial charge is 0.463 e. The molecule has 1 aromatic heterocycles. The Morgan fingerprint density at radius 3 is 2.70 bits per heavy atom. The summed E-state index contributed by atoms with van der Waals surface area (Å²) in [4.78, 5) is 23.9. The molecule has 0 amide bonds. The fourth-order valence-electron chi connectivity index (χ4n) is 2.86. The number of furan rings is 1. The van der Waals surface area contributed by atoms with Gasteiger partial charge in [0.2, 0.25) is 5.76 Å². The van der Waals surface area contributed by atoms with Gasteiger partial charge in [-0.2, -0.15) is 0 Å². The van der Waals surface area contributed by atoms with Crippen molar-refractivity contribution >= 4 is 17.8 Å². The molecule has 118 valence electrons. The highest BCUT2D eigenvalue weighted by molar-refractivity contribution is 6.07. The molecule has 23 heavy (non-hydrogen) atoms. The molecule has 0 saturated carbocycles. The third kappa shape index (κ3) is 3.26. The second-order valence-electron chi connectivity index (χ2n) is 5.58. The molecule has 1 aromatic carbocycles. The maximum Gasteiger partial charge on any atom is 0.374 e. The van der Waals surface area contributed by atoms with Gasteiger partial charge in [-0.3, -0.25) is 4.79 Å². The molecule has 4 nitrogen and oxygen atoms in total. The molecule has 0 atom stereocenters. The number of ether oxygens (including phenoxy) is 1. The van der Waals surface area contributed by atoms with Gasteiger partial charge in [-0.05, 0) is 61.1 Å². The number of ketones is 1. The summed E-state index contributed by atoms with van der Waals surface area (Å²) in [5.41, 5.74) is 3.82. The fraction of sp³-hybridized carbons (Fsp3) is 0.263. The number of hydrogen-bond donors (Lipinski definition) is 0. The minimum Gasteiger partial charge on any atom is -0.463 e. The minimum atomic E-state index is -0.559. The topological polar surface area (TPSA) is 56.5 Å². The Balaban J connectivity index is 1.79. The van der Waals surface area contributed by atoms with Crippen molar-refractivity contribution in [2.75, 3.05) is 7.11 Å². The highest BCUT2D eigenvalue weighted by Crippen LogP contribution is 2.23. The molecule has 0 spiro atoms. The van der Waals surface area contributed by atoms with Crippen molar-refractivity contribution in [3.63, 3.8) is 0 Å². The zero-order valence-electron chi connectivity index (χ0n) is 13.0. The Hall–Kier alpha value is -2.62. The zero-order chi connectivity index (χ0) is 16.2. The van der Waals surface area contributed by atoms with Gasteiger partial charge in [-0.15, -0.1) is 0 Å². The molecule has 0 unspecified atom stereocenters. The van der Waals surface area contributed by atoms with Crippen molar-refractivity contribution in [3.05, 3.63) is 64.6 Å². The molecule has 4 heteroatoms. The SMILES string of the molecule is COC(=O)c1occc1C=CC(=O)c1ccc2c(c1)CCCC2. The predicted octanol–water partition coefficient (Wildman–Crippen LogP) is 3.84. The van der Waals surface area contributed by atoms with E-state index < -0.39 is 5.97 Å². The molecule has 1 heterocycles. The smallest absolute Gasteiger partial charge is 0.374 e. The average Bonchev–Trinajstić information content (AvgIpc) is 3.07. The van der Waals surface area contributed by atoms with Crippen LogP contribution in [0.4, 0.5) is 0 Å². The monoisotopic (exact) mass is 310 g/mol. The Bertz CT molecular complexity index is 767. The van der Waals surface area contributed by atoms with E-state index in [4.69, 9.17) is 4.42 Å². The van der Waals surface area contributed by atoms with Crippen LogP contribution in [0.2, 0.25) is 0 Å². The first kappa shape index (κ1) is 15.3. The van der Waals surface area contributed by atoms with Crippen LogP contribution in [0.5, 0.6) is 0 Å². The summed E-state index contributed by atoms with van der Waals surface area (Å²) in [6.45, 7) is 0. The van der Waals surface area contributed by atoms with E-state index in [0.29, 0.717) is 11.1 Å². The standard InChI is InChI=1S/C19H18O4/c1-22-19(21)18-14(10-11-23-18)8-9-17(20)16-7-6-13-4-2-3-5-15(13)12-16/h6-12H,2-5H2,1H3. The first-order chi connectivity index (χ1) is 11.2. The third-order valence-electron chi connectivity index (χ3n) is 4.11. The predicted molar refractivity (Wildman–Crippen MR) is 86.5 cm³/mol. The molecule has 0 fully saturated rings. The molecule has 0 N–H and O–H groups in total. The van der Waals surface area contributed by atoms with Crippen LogP contribution >= 0.6 is 0 Å².